The molecule has 1 aromatic carbocycles. The van der Waals surface area contributed by atoms with Crippen LogP contribution in [0.25, 0.3) is 0 Å². The third-order valence-electron chi connectivity index (χ3n) is 2.61. The highest BCUT2D eigenvalue weighted by molar-refractivity contribution is 6.62. The second-order valence-electron chi connectivity index (χ2n) is 3.69. The van der Waals surface area contributed by atoms with E-state index in [0.29, 0.717) is 21.8 Å². The van der Waals surface area contributed by atoms with Gasteiger partial charge in [0.25, 0.3) is 0 Å². The Hall–Kier alpha value is -1.24. The molecule has 0 aliphatic carbocycles. The van der Waals surface area contributed by atoms with Crippen LogP contribution in [0, 0.1) is 0 Å². The van der Waals surface area contributed by atoms with Crippen LogP contribution in [-0.2, 0) is 9.45 Å². The number of hydrogen-bond acceptors (Lipinski definition) is 4. The van der Waals surface area contributed by atoms with Crippen molar-refractivity contribution in [1.82, 2.24) is 0 Å². The van der Waals surface area contributed by atoms with Gasteiger partial charge in [0, 0.05) is 5.02 Å². The average molecular weight is 256 g/mol. The topological polar surface area (TPSA) is 76.0 Å². The van der Waals surface area contributed by atoms with Gasteiger partial charge < -0.3 is 19.5 Å². The Bertz CT molecular complexity index is 464. The highest BCUT2D eigenvalue weighted by atomic mass is 35.5. The summed E-state index contributed by atoms with van der Waals surface area (Å²) < 4.78 is 10.2. The van der Waals surface area contributed by atoms with E-state index in [4.69, 9.17) is 26.1 Å². The van der Waals surface area contributed by atoms with Crippen molar-refractivity contribution in [3.63, 3.8) is 0 Å². The van der Waals surface area contributed by atoms with E-state index in [2.05, 4.69) is 0 Å². The lowest BCUT2D eigenvalue weighted by atomic mass is 9.79. The smallest absolute Gasteiger partial charge is 0.492 e. The Kier molecular flexibility index (Phi) is 3.28. The molecule has 0 bridgehead atoms. The predicted molar refractivity (Wildman–Crippen MR) is 61.7 cm³/mol. The lowest BCUT2D eigenvalue weighted by Gasteiger charge is -2.11. The minimum atomic E-state index is -1.16. The van der Waals surface area contributed by atoms with Crippen LogP contribution in [0.15, 0.2) is 12.1 Å². The molecule has 0 radical (unpaired) electrons. The molecule has 1 unspecified atom stereocenters. The number of rotatable bonds is 3. The molecule has 7 heteroatoms. The Morgan fingerprint density at radius 3 is 2.94 bits per heavy atom. The number of hydrogen-bond donors (Lipinski definition) is 2. The van der Waals surface area contributed by atoms with E-state index >= 15 is 0 Å². The van der Waals surface area contributed by atoms with Crippen LogP contribution in [0.5, 0.6) is 5.75 Å². The van der Waals surface area contributed by atoms with Gasteiger partial charge in [-0.05, 0) is 23.2 Å². The molecule has 1 aliphatic heterocycles. The zero-order valence-electron chi connectivity index (χ0n) is 9.01. The minimum absolute atomic E-state index is 0.240. The van der Waals surface area contributed by atoms with E-state index < -0.39 is 19.2 Å². The second kappa shape index (κ2) is 4.56. The first-order valence-corrected chi connectivity index (χ1v) is 5.33. The summed E-state index contributed by atoms with van der Waals surface area (Å²) in [4.78, 5) is 10.7. The van der Waals surface area contributed by atoms with Gasteiger partial charge >= 0.3 is 13.1 Å². The summed E-state index contributed by atoms with van der Waals surface area (Å²) in [6.07, 6.45) is -0.966. The molecule has 0 amide bonds. The van der Waals surface area contributed by atoms with Gasteiger partial charge in [-0.1, -0.05) is 11.6 Å². The normalized spacial score (nSPS) is 18.1. The standard InChI is InChI=1S/C10H10BClO5/c1-16-5-2-6-10(7(12)3-5)8(4-9(13)14)17-11(6)15/h2-3,8,15H,4H2,1H3,(H,13,14). The molecule has 17 heavy (non-hydrogen) atoms. The zero-order valence-corrected chi connectivity index (χ0v) is 9.77. The van der Waals surface area contributed by atoms with Crippen molar-refractivity contribution in [3.05, 3.63) is 22.7 Å². The van der Waals surface area contributed by atoms with Crippen molar-refractivity contribution in [3.8, 4) is 5.75 Å². The molecular weight excluding hydrogens is 246 g/mol. The Balaban J connectivity index is 2.43. The van der Waals surface area contributed by atoms with Crippen LogP contribution in [0.3, 0.4) is 0 Å². The van der Waals surface area contributed by atoms with Gasteiger partial charge in [-0.3, -0.25) is 4.79 Å². The van der Waals surface area contributed by atoms with Gasteiger partial charge in [-0.2, -0.15) is 0 Å². The predicted octanol–water partition coefficient (Wildman–Crippen LogP) is 0.582. The van der Waals surface area contributed by atoms with Crippen LogP contribution in [-0.4, -0.2) is 30.3 Å². The average Bonchev–Trinajstić information content (AvgIpc) is 2.55. The van der Waals surface area contributed by atoms with Crippen LogP contribution in [0.1, 0.15) is 18.1 Å². The van der Waals surface area contributed by atoms with E-state index in [-0.39, 0.29) is 6.42 Å². The summed E-state index contributed by atoms with van der Waals surface area (Å²) in [5.41, 5.74) is 0.975. The number of ether oxygens (including phenoxy) is 1. The minimum Gasteiger partial charge on any atom is -0.497 e. The van der Waals surface area contributed by atoms with Gasteiger partial charge in [0.05, 0.1) is 19.6 Å². The lowest BCUT2D eigenvalue weighted by molar-refractivity contribution is -0.138. The molecule has 1 aliphatic rings. The largest absolute Gasteiger partial charge is 0.497 e. The molecule has 1 aromatic rings. The third kappa shape index (κ3) is 2.24. The first kappa shape index (κ1) is 12.2. The molecule has 90 valence electrons. The Labute approximate surface area is 103 Å². The van der Waals surface area contributed by atoms with E-state index in [1.807, 2.05) is 0 Å². The molecule has 0 saturated carbocycles. The number of carboxylic acid groups (broad SMARTS) is 1. The van der Waals surface area contributed by atoms with Crippen LogP contribution in [0.2, 0.25) is 5.02 Å². The summed E-state index contributed by atoms with van der Waals surface area (Å²) in [6, 6.07) is 3.16. The monoisotopic (exact) mass is 256 g/mol. The molecule has 0 aromatic heterocycles. The molecule has 2 rings (SSSR count). The maximum absolute atomic E-state index is 10.7. The maximum atomic E-state index is 10.7. The first-order chi connectivity index (χ1) is 8.02. The van der Waals surface area contributed by atoms with Gasteiger partial charge in [0.1, 0.15) is 5.75 Å². The molecule has 0 fully saturated rings. The number of methoxy groups -OCH3 is 1. The van der Waals surface area contributed by atoms with Crippen LogP contribution >= 0.6 is 11.6 Å². The Morgan fingerprint density at radius 1 is 1.65 bits per heavy atom. The number of halogens is 1. The van der Waals surface area contributed by atoms with Gasteiger partial charge in [-0.25, -0.2) is 0 Å². The van der Waals surface area contributed by atoms with Gasteiger partial charge in [0.15, 0.2) is 0 Å². The molecule has 0 saturated heterocycles. The summed E-state index contributed by atoms with van der Waals surface area (Å²) in [5.74, 6) is -0.519. The van der Waals surface area contributed by atoms with E-state index in [9.17, 15) is 9.82 Å². The summed E-state index contributed by atoms with van der Waals surface area (Å²) in [7, 11) is 0.316. The first-order valence-electron chi connectivity index (χ1n) is 4.95. The number of carboxylic acids is 1. The molecule has 0 spiro atoms. The molecule has 1 atom stereocenters. The molecule has 1 heterocycles. The Morgan fingerprint density at radius 2 is 2.35 bits per heavy atom. The lowest BCUT2D eigenvalue weighted by Crippen LogP contribution is -2.28. The van der Waals surface area contributed by atoms with Gasteiger partial charge in [0.2, 0.25) is 0 Å². The number of aliphatic carboxylic acids is 1. The van der Waals surface area contributed by atoms with E-state index in [1.54, 1.807) is 12.1 Å². The van der Waals surface area contributed by atoms with Crippen molar-refractivity contribution in [2.75, 3.05) is 7.11 Å². The van der Waals surface area contributed by atoms with Crippen LogP contribution < -0.4 is 10.2 Å². The number of carbonyl (C=O) groups is 1. The van der Waals surface area contributed by atoms with Gasteiger partial charge in [-0.15, -0.1) is 0 Å². The quantitative estimate of drug-likeness (QED) is 0.774. The third-order valence-corrected chi connectivity index (χ3v) is 2.92. The van der Waals surface area contributed by atoms with Crippen LogP contribution in [0.4, 0.5) is 0 Å². The summed E-state index contributed by atoms with van der Waals surface area (Å²) >= 11 is 6.03. The van der Waals surface area contributed by atoms with Crippen molar-refractivity contribution >= 4 is 30.2 Å². The maximum Gasteiger partial charge on any atom is 0.492 e. The fourth-order valence-corrected chi connectivity index (χ4v) is 2.22. The van der Waals surface area contributed by atoms with E-state index in [1.165, 1.54) is 7.11 Å². The summed E-state index contributed by atoms with van der Waals surface area (Å²) in [5, 5.41) is 18.8. The van der Waals surface area contributed by atoms with Crippen molar-refractivity contribution in [1.29, 1.82) is 0 Å². The second-order valence-corrected chi connectivity index (χ2v) is 4.09. The number of benzene rings is 1. The van der Waals surface area contributed by atoms with Crippen molar-refractivity contribution in [2.45, 2.75) is 12.5 Å². The molecule has 5 nitrogen and oxygen atoms in total. The fraction of sp³-hybridized carbons (Fsp3) is 0.300. The number of fused-ring (bicyclic) bond motifs is 1. The zero-order chi connectivity index (χ0) is 12.6. The SMILES string of the molecule is COc1cc(Cl)c2c(c1)B(O)OC2CC(=O)O. The van der Waals surface area contributed by atoms with E-state index in [0.717, 1.165) is 0 Å². The van der Waals surface area contributed by atoms with Crippen molar-refractivity contribution in [2.24, 2.45) is 0 Å². The fourth-order valence-electron chi connectivity index (χ4n) is 1.88. The van der Waals surface area contributed by atoms with Crippen molar-refractivity contribution < 1.29 is 24.3 Å². The highest BCUT2D eigenvalue weighted by Crippen LogP contribution is 2.34. The molecule has 2 N–H and O–H groups in total. The molecular formula is C10H10BClO5. The summed E-state index contributed by atoms with van der Waals surface area (Å²) in [6.45, 7) is 0. The highest BCUT2D eigenvalue weighted by Gasteiger charge is 2.38.